The van der Waals surface area contributed by atoms with Crippen LogP contribution in [0.15, 0.2) is 24.3 Å². The van der Waals surface area contributed by atoms with Crippen LogP contribution in [0.3, 0.4) is 0 Å². The molecule has 0 spiro atoms. The van der Waals surface area contributed by atoms with Gasteiger partial charge in [0.05, 0.1) is 0 Å². The largest absolute Gasteiger partial charge is 0.463 e. The van der Waals surface area contributed by atoms with Gasteiger partial charge in [-0.3, -0.25) is 9.59 Å². The predicted octanol–water partition coefficient (Wildman–Crippen LogP) is 1.06. The number of rotatable bonds is 4. The maximum atomic E-state index is 11.7. The van der Waals surface area contributed by atoms with Gasteiger partial charge < -0.3 is 9.64 Å². The molecular formula is C11H13NO3. The Balaban J connectivity index is 2.95. The summed E-state index contributed by atoms with van der Waals surface area (Å²) in [6.07, 6.45) is 0. The van der Waals surface area contributed by atoms with Crippen LogP contribution in [0.1, 0.15) is 15.9 Å². The van der Waals surface area contributed by atoms with E-state index in [1.807, 2.05) is 0 Å². The first-order valence-corrected chi connectivity index (χ1v) is 4.51. The van der Waals surface area contributed by atoms with E-state index >= 15 is 0 Å². The summed E-state index contributed by atoms with van der Waals surface area (Å²) >= 11 is 0. The topological polar surface area (TPSA) is 46.6 Å². The van der Waals surface area contributed by atoms with E-state index in [-0.39, 0.29) is 12.5 Å². The van der Waals surface area contributed by atoms with Crippen LogP contribution in [0, 0.1) is 0 Å². The van der Waals surface area contributed by atoms with Gasteiger partial charge in [-0.2, -0.15) is 0 Å². The molecule has 0 N–H and O–H groups in total. The summed E-state index contributed by atoms with van der Waals surface area (Å²) in [5.41, 5.74) is 1.27. The molecule has 0 aliphatic heterocycles. The second-order valence-corrected chi connectivity index (χ2v) is 3.26. The quantitative estimate of drug-likeness (QED) is 0.693. The fraction of sp³-hybridized carbons (Fsp3) is 0.273. The summed E-state index contributed by atoms with van der Waals surface area (Å²) in [4.78, 5) is 23.3. The second-order valence-electron chi connectivity index (χ2n) is 3.26. The number of ether oxygens (including phenoxy) is 1. The van der Waals surface area contributed by atoms with Crippen LogP contribution in [0.4, 0.5) is 0 Å². The van der Waals surface area contributed by atoms with Crippen molar-refractivity contribution < 1.29 is 14.3 Å². The molecule has 4 nitrogen and oxygen atoms in total. The Morgan fingerprint density at radius 2 is 2.07 bits per heavy atom. The minimum Gasteiger partial charge on any atom is -0.463 e. The molecule has 4 heteroatoms. The van der Waals surface area contributed by atoms with Gasteiger partial charge in [-0.25, -0.2) is 0 Å². The monoisotopic (exact) mass is 207 g/mol. The van der Waals surface area contributed by atoms with E-state index in [1.165, 1.54) is 4.90 Å². The highest BCUT2D eigenvalue weighted by atomic mass is 16.5. The third kappa shape index (κ3) is 2.80. The number of benzene rings is 1. The molecule has 15 heavy (non-hydrogen) atoms. The summed E-state index contributed by atoms with van der Waals surface area (Å²) in [7, 11) is 3.36. The van der Waals surface area contributed by atoms with Crippen molar-refractivity contribution in [2.45, 2.75) is 6.61 Å². The Bertz CT molecular complexity index is 361. The summed E-state index contributed by atoms with van der Waals surface area (Å²) in [5.74, 6) is -0.0971. The molecule has 0 aliphatic carbocycles. The molecule has 0 aliphatic rings. The Hall–Kier alpha value is -1.84. The smallest absolute Gasteiger partial charge is 0.293 e. The average molecular weight is 207 g/mol. The van der Waals surface area contributed by atoms with Gasteiger partial charge in [0.2, 0.25) is 0 Å². The zero-order chi connectivity index (χ0) is 11.3. The summed E-state index contributed by atoms with van der Waals surface area (Å²) in [5, 5.41) is 0. The van der Waals surface area contributed by atoms with E-state index < -0.39 is 0 Å². The second kappa shape index (κ2) is 5.14. The minimum atomic E-state index is -0.0971. The van der Waals surface area contributed by atoms with Gasteiger partial charge in [0.15, 0.2) is 0 Å². The molecule has 0 saturated carbocycles. The lowest BCUT2D eigenvalue weighted by molar-refractivity contribution is -0.129. The molecule has 1 aromatic rings. The number of hydrogen-bond acceptors (Lipinski definition) is 3. The molecule has 80 valence electrons. The number of hydrogen-bond donors (Lipinski definition) is 0. The van der Waals surface area contributed by atoms with Gasteiger partial charge in [-0.15, -0.1) is 0 Å². The molecule has 0 aromatic heterocycles. The summed E-state index contributed by atoms with van der Waals surface area (Å²) in [6, 6.07) is 7.06. The van der Waals surface area contributed by atoms with Crippen molar-refractivity contribution in [1.29, 1.82) is 0 Å². The molecule has 0 saturated heterocycles. The first-order chi connectivity index (χ1) is 7.16. The highest BCUT2D eigenvalue weighted by Crippen LogP contribution is 2.11. The minimum absolute atomic E-state index is 0.0971. The maximum absolute atomic E-state index is 11.7. The Morgan fingerprint density at radius 1 is 1.40 bits per heavy atom. The van der Waals surface area contributed by atoms with Gasteiger partial charge >= 0.3 is 0 Å². The molecule has 0 bridgehead atoms. The maximum Gasteiger partial charge on any atom is 0.293 e. The molecule has 0 heterocycles. The van der Waals surface area contributed by atoms with Crippen LogP contribution in [-0.2, 0) is 16.1 Å². The Kier molecular flexibility index (Phi) is 3.85. The highest BCUT2D eigenvalue weighted by molar-refractivity contribution is 5.95. The Labute approximate surface area is 88.5 Å². The van der Waals surface area contributed by atoms with E-state index in [2.05, 4.69) is 4.74 Å². The number of carbonyl (C=O) groups excluding carboxylic acids is 2. The summed E-state index contributed by atoms with van der Waals surface area (Å²) < 4.78 is 4.64. The fourth-order valence-electron chi connectivity index (χ4n) is 1.22. The number of carbonyl (C=O) groups is 2. The van der Waals surface area contributed by atoms with Crippen LogP contribution in [0.5, 0.6) is 0 Å². The van der Waals surface area contributed by atoms with Crippen molar-refractivity contribution in [3.8, 4) is 0 Å². The van der Waals surface area contributed by atoms with Crippen LogP contribution in [0.25, 0.3) is 0 Å². The SMILES string of the molecule is CN(C)C(=O)c1ccccc1COC=O. The van der Waals surface area contributed by atoms with Gasteiger partial charge in [-0.05, 0) is 6.07 Å². The third-order valence-electron chi connectivity index (χ3n) is 1.96. The molecule has 1 rings (SSSR count). The molecule has 0 fully saturated rings. The van der Waals surface area contributed by atoms with E-state index in [9.17, 15) is 9.59 Å². The lowest BCUT2D eigenvalue weighted by Gasteiger charge is -2.13. The number of amides is 1. The van der Waals surface area contributed by atoms with Gasteiger partial charge in [0, 0.05) is 25.2 Å². The standard InChI is InChI=1S/C11H13NO3/c1-12(2)11(14)10-6-4-3-5-9(10)7-15-8-13/h3-6,8H,7H2,1-2H3. The molecular weight excluding hydrogens is 194 g/mol. The van der Waals surface area contributed by atoms with Crippen molar-refractivity contribution in [2.24, 2.45) is 0 Å². The first kappa shape index (κ1) is 11.2. The van der Waals surface area contributed by atoms with E-state index in [1.54, 1.807) is 38.4 Å². The molecule has 1 amide bonds. The van der Waals surface area contributed by atoms with Crippen molar-refractivity contribution in [1.82, 2.24) is 4.90 Å². The van der Waals surface area contributed by atoms with Crippen LogP contribution in [-0.4, -0.2) is 31.4 Å². The van der Waals surface area contributed by atoms with Crippen LogP contribution in [0.2, 0.25) is 0 Å². The summed E-state index contributed by atoms with van der Waals surface area (Å²) in [6.45, 7) is 0.496. The number of nitrogens with zero attached hydrogens (tertiary/aromatic N) is 1. The lowest BCUT2D eigenvalue weighted by atomic mass is 10.1. The van der Waals surface area contributed by atoms with Crippen molar-refractivity contribution in [3.05, 3.63) is 35.4 Å². The first-order valence-electron chi connectivity index (χ1n) is 4.51. The van der Waals surface area contributed by atoms with Gasteiger partial charge in [0.1, 0.15) is 6.61 Å². The zero-order valence-corrected chi connectivity index (χ0v) is 8.77. The zero-order valence-electron chi connectivity index (χ0n) is 8.77. The highest BCUT2D eigenvalue weighted by Gasteiger charge is 2.12. The molecule has 1 aromatic carbocycles. The van der Waals surface area contributed by atoms with E-state index in [0.717, 1.165) is 0 Å². The van der Waals surface area contributed by atoms with E-state index in [4.69, 9.17) is 0 Å². The van der Waals surface area contributed by atoms with Gasteiger partial charge in [-0.1, -0.05) is 18.2 Å². The van der Waals surface area contributed by atoms with E-state index in [0.29, 0.717) is 17.6 Å². The van der Waals surface area contributed by atoms with Crippen molar-refractivity contribution >= 4 is 12.4 Å². The molecule has 0 unspecified atom stereocenters. The predicted molar refractivity (Wildman–Crippen MR) is 55.3 cm³/mol. The van der Waals surface area contributed by atoms with Gasteiger partial charge in [0.25, 0.3) is 12.4 Å². The van der Waals surface area contributed by atoms with Crippen LogP contribution < -0.4 is 0 Å². The molecule has 0 atom stereocenters. The average Bonchev–Trinajstić information content (AvgIpc) is 2.25. The van der Waals surface area contributed by atoms with Crippen molar-refractivity contribution in [3.63, 3.8) is 0 Å². The van der Waals surface area contributed by atoms with Crippen LogP contribution >= 0.6 is 0 Å². The lowest BCUT2D eigenvalue weighted by Crippen LogP contribution is -2.23. The molecule has 0 radical (unpaired) electrons. The Morgan fingerprint density at radius 3 is 2.67 bits per heavy atom. The third-order valence-corrected chi connectivity index (χ3v) is 1.96. The normalized spacial score (nSPS) is 9.47. The fourth-order valence-corrected chi connectivity index (χ4v) is 1.22. The van der Waals surface area contributed by atoms with Crippen molar-refractivity contribution in [2.75, 3.05) is 14.1 Å².